The van der Waals surface area contributed by atoms with Gasteiger partial charge in [-0.3, -0.25) is 4.68 Å². The molecule has 2 aromatic heterocycles. The van der Waals surface area contributed by atoms with Gasteiger partial charge in [0, 0.05) is 25.1 Å². The maximum absolute atomic E-state index is 5.56. The Morgan fingerprint density at radius 1 is 1.47 bits per heavy atom. The number of rotatable bonds is 2. The van der Waals surface area contributed by atoms with Gasteiger partial charge in [-0.15, -0.1) is 10.2 Å². The molecule has 0 bridgehead atoms. The molecular weight excluding hydrogens is 210 g/mol. The molecule has 6 heteroatoms. The van der Waals surface area contributed by atoms with Gasteiger partial charge < -0.3 is 5.73 Å². The molecule has 0 saturated heterocycles. The molecule has 1 fully saturated rings. The molecule has 5 nitrogen and oxygen atoms in total. The topological polar surface area (TPSA) is 69.6 Å². The molecule has 15 heavy (non-hydrogen) atoms. The number of aryl methyl sites for hydroxylation is 1. The summed E-state index contributed by atoms with van der Waals surface area (Å²) in [5.74, 6) is 0.994. The van der Waals surface area contributed by atoms with Crippen LogP contribution in [0.15, 0.2) is 12.3 Å². The van der Waals surface area contributed by atoms with Crippen LogP contribution in [0.3, 0.4) is 0 Å². The van der Waals surface area contributed by atoms with Crippen LogP contribution >= 0.6 is 11.3 Å². The summed E-state index contributed by atoms with van der Waals surface area (Å²) >= 11 is 1.48. The van der Waals surface area contributed by atoms with Crippen LogP contribution < -0.4 is 5.73 Å². The second-order valence-corrected chi connectivity index (χ2v) is 4.88. The predicted octanol–water partition coefficient (Wildman–Crippen LogP) is 1.12. The van der Waals surface area contributed by atoms with Crippen molar-refractivity contribution in [2.75, 3.05) is 5.73 Å². The normalized spacial score (nSPS) is 24.3. The average molecular weight is 221 g/mol. The molecule has 2 N–H and O–H groups in total. The van der Waals surface area contributed by atoms with Gasteiger partial charge in [-0.25, -0.2) is 0 Å². The van der Waals surface area contributed by atoms with Crippen molar-refractivity contribution in [3.8, 4) is 0 Å². The summed E-state index contributed by atoms with van der Waals surface area (Å²) in [6.45, 7) is 0. The maximum Gasteiger partial charge on any atom is 0.203 e. The standard InChI is InChI=1S/C9H11N5S/c1-14-3-2-7(13-14)5-4-6(5)8-11-12-9(10)15-8/h2-3,5-6H,4H2,1H3,(H2,10,12). The Morgan fingerprint density at radius 3 is 2.93 bits per heavy atom. The van der Waals surface area contributed by atoms with E-state index in [9.17, 15) is 0 Å². The van der Waals surface area contributed by atoms with Gasteiger partial charge >= 0.3 is 0 Å². The minimum absolute atomic E-state index is 0.481. The van der Waals surface area contributed by atoms with E-state index in [-0.39, 0.29) is 0 Å². The summed E-state index contributed by atoms with van der Waals surface area (Å²) < 4.78 is 1.83. The third-order valence-electron chi connectivity index (χ3n) is 2.68. The molecule has 0 radical (unpaired) electrons. The molecule has 1 aliphatic carbocycles. The monoisotopic (exact) mass is 221 g/mol. The van der Waals surface area contributed by atoms with E-state index in [1.54, 1.807) is 0 Å². The van der Waals surface area contributed by atoms with Crippen molar-refractivity contribution in [1.82, 2.24) is 20.0 Å². The van der Waals surface area contributed by atoms with Crippen LogP contribution in [0.5, 0.6) is 0 Å². The smallest absolute Gasteiger partial charge is 0.203 e. The molecule has 0 aromatic carbocycles. The second-order valence-electron chi connectivity index (χ2n) is 3.84. The fourth-order valence-electron chi connectivity index (χ4n) is 1.82. The van der Waals surface area contributed by atoms with Crippen LogP contribution in [-0.4, -0.2) is 20.0 Å². The molecule has 1 aliphatic rings. The summed E-state index contributed by atoms with van der Waals surface area (Å²) in [6.07, 6.45) is 3.09. The minimum Gasteiger partial charge on any atom is -0.374 e. The first-order valence-corrected chi connectivity index (χ1v) is 5.64. The molecule has 78 valence electrons. The van der Waals surface area contributed by atoms with Crippen LogP contribution in [0.4, 0.5) is 5.13 Å². The number of anilines is 1. The van der Waals surface area contributed by atoms with Crippen molar-refractivity contribution >= 4 is 16.5 Å². The third-order valence-corrected chi connectivity index (χ3v) is 3.56. The van der Waals surface area contributed by atoms with E-state index in [4.69, 9.17) is 5.73 Å². The second kappa shape index (κ2) is 3.03. The zero-order valence-electron chi connectivity index (χ0n) is 8.29. The van der Waals surface area contributed by atoms with E-state index in [1.807, 2.05) is 17.9 Å². The van der Waals surface area contributed by atoms with Crippen LogP contribution in [0.2, 0.25) is 0 Å². The van der Waals surface area contributed by atoms with E-state index < -0.39 is 0 Å². The molecular formula is C9H11N5S. The Balaban J connectivity index is 1.79. The van der Waals surface area contributed by atoms with Crippen molar-refractivity contribution in [1.29, 1.82) is 0 Å². The first kappa shape index (κ1) is 8.84. The SMILES string of the molecule is Cn1ccc(C2CC2c2nnc(N)s2)n1. The number of aromatic nitrogens is 4. The lowest BCUT2D eigenvalue weighted by Crippen LogP contribution is -1.90. The molecule has 2 atom stereocenters. The quantitative estimate of drug-likeness (QED) is 0.825. The first-order valence-electron chi connectivity index (χ1n) is 4.82. The van der Waals surface area contributed by atoms with Gasteiger partial charge in [-0.2, -0.15) is 5.10 Å². The molecule has 0 spiro atoms. The van der Waals surface area contributed by atoms with Crippen LogP contribution in [0.1, 0.15) is 29.0 Å². The van der Waals surface area contributed by atoms with Gasteiger partial charge in [0.1, 0.15) is 5.01 Å². The first-order chi connectivity index (χ1) is 7.24. The Hall–Kier alpha value is -1.43. The highest BCUT2D eigenvalue weighted by Gasteiger charge is 2.43. The van der Waals surface area contributed by atoms with E-state index in [2.05, 4.69) is 21.4 Å². The average Bonchev–Trinajstić information content (AvgIpc) is 2.70. The Bertz CT molecular complexity index is 444. The third kappa shape index (κ3) is 1.50. The largest absolute Gasteiger partial charge is 0.374 e. The predicted molar refractivity (Wildman–Crippen MR) is 57.6 cm³/mol. The zero-order chi connectivity index (χ0) is 10.4. The molecule has 1 saturated carbocycles. The van der Waals surface area contributed by atoms with Crippen molar-refractivity contribution in [3.05, 3.63) is 23.0 Å². The highest BCUT2D eigenvalue weighted by molar-refractivity contribution is 7.15. The van der Waals surface area contributed by atoms with Gasteiger partial charge in [-0.1, -0.05) is 11.3 Å². The number of nitrogen functional groups attached to an aromatic ring is 1. The fourth-order valence-corrected chi connectivity index (χ4v) is 2.61. The summed E-state index contributed by atoms with van der Waals surface area (Å²) in [5.41, 5.74) is 6.71. The lowest BCUT2D eigenvalue weighted by atomic mass is 10.2. The van der Waals surface area contributed by atoms with E-state index >= 15 is 0 Å². The summed E-state index contributed by atoms with van der Waals surface area (Å²) in [5, 5.41) is 13.9. The highest BCUT2D eigenvalue weighted by atomic mass is 32.1. The summed E-state index contributed by atoms with van der Waals surface area (Å²) in [6, 6.07) is 2.06. The van der Waals surface area contributed by atoms with Gasteiger partial charge in [0.15, 0.2) is 0 Å². The van der Waals surface area contributed by atoms with Crippen molar-refractivity contribution in [2.24, 2.45) is 7.05 Å². The fraction of sp³-hybridized carbons (Fsp3) is 0.444. The Labute approximate surface area is 90.9 Å². The van der Waals surface area contributed by atoms with Crippen molar-refractivity contribution in [3.63, 3.8) is 0 Å². The lowest BCUT2D eigenvalue weighted by molar-refractivity contribution is 0.740. The van der Waals surface area contributed by atoms with E-state index in [0.29, 0.717) is 17.0 Å². The minimum atomic E-state index is 0.481. The molecule has 2 heterocycles. The molecule has 0 amide bonds. The number of hydrogen-bond donors (Lipinski definition) is 1. The van der Waals surface area contributed by atoms with E-state index in [0.717, 1.165) is 17.1 Å². The summed E-state index contributed by atoms with van der Waals surface area (Å²) in [7, 11) is 1.93. The molecule has 3 rings (SSSR count). The van der Waals surface area contributed by atoms with Crippen LogP contribution in [0.25, 0.3) is 0 Å². The Kier molecular flexibility index (Phi) is 1.79. The number of hydrogen-bond acceptors (Lipinski definition) is 5. The van der Waals surface area contributed by atoms with E-state index in [1.165, 1.54) is 11.3 Å². The molecule has 2 aromatic rings. The van der Waals surface area contributed by atoms with Gasteiger partial charge in [0.25, 0.3) is 0 Å². The van der Waals surface area contributed by atoms with Gasteiger partial charge in [-0.05, 0) is 12.5 Å². The van der Waals surface area contributed by atoms with Gasteiger partial charge in [0.05, 0.1) is 5.69 Å². The molecule has 2 unspecified atom stereocenters. The van der Waals surface area contributed by atoms with Crippen LogP contribution in [-0.2, 0) is 7.05 Å². The van der Waals surface area contributed by atoms with Gasteiger partial charge in [0.2, 0.25) is 5.13 Å². The van der Waals surface area contributed by atoms with Crippen LogP contribution in [0, 0.1) is 0 Å². The number of nitrogens with zero attached hydrogens (tertiary/aromatic N) is 4. The maximum atomic E-state index is 5.56. The number of nitrogens with two attached hydrogens (primary N) is 1. The van der Waals surface area contributed by atoms with Crippen molar-refractivity contribution in [2.45, 2.75) is 18.3 Å². The lowest BCUT2D eigenvalue weighted by Gasteiger charge is -1.91. The van der Waals surface area contributed by atoms with Crippen molar-refractivity contribution < 1.29 is 0 Å². The Morgan fingerprint density at radius 2 is 2.33 bits per heavy atom. The summed E-state index contributed by atoms with van der Waals surface area (Å²) in [4.78, 5) is 0. The zero-order valence-corrected chi connectivity index (χ0v) is 9.11. The highest BCUT2D eigenvalue weighted by Crippen LogP contribution is 2.54. The molecule has 0 aliphatic heterocycles.